The number of hydrogen-bond donors (Lipinski definition) is 2. The van der Waals surface area contributed by atoms with E-state index in [9.17, 15) is 4.79 Å². The van der Waals surface area contributed by atoms with Crippen LogP contribution < -0.4 is 24.2 Å². The number of aliphatic hydroxyl groups excluding tert-OH is 1. The number of nitrogens with zero attached hydrogens (tertiary/aromatic N) is 1. The summed E-state index contributed by atoms with van der Waals surface area (Å²) in [7, 11) is 0. The number of aliphatic hydroxyl groups is 1. The summed E-state index contributed by atoms with van der Waals surface area (Å²) in [4.78, 5) is 15.3. The largest absolute Gasteiger partial charge is 1.00 e. The third kappa shape index (κ3) is 7.76. The number of ether oxygens (including phenoxy) is 1. The fourth-order valence-electron chi connectivity index (χ4n) is 1.00. The number of amides is 1. The first kappa shape index (κ1) is 19.8. The average molecular weight is 259 g/mol. The van der Waals surface area contributed by atoms with E-state index in [1.54, 1.807) is 32.9 Å². The average Bonchev–Trinajstić information content (AvgIpc) is 2.16. The first-order chi connectivity index (χ1) is 7.40. The van der Waals surface area contributed by atoms with Crippen LogP contribution in [0.5, 0.6) is 0 Å². The van der Waals surface area contributed by atoms with Crippen molar-refractivity contribution in [1.29, 1.82) is 0 Å². The third-order valence-corrected chi connectivity index (χ3v) is 1.64. The molecule has 5 nitrogen and oxygen atoms in total. The Morgan fingerprint density at radius 1 is 1.50 bits per heavy atom. The van der Waals surface area contributed by atoms with Crippen molar-refractivity contribution in [3.63, 3.8) is 0 Å². The van der Waals surface area contributed by atoms with Crippen LogP contribution in [-0.4, -0.2) is 39.1 Å². The molecule has 7 heteroatoms. The van der Waals surface area contributed by atoms with Crippen LogP contribution in [0.15, 0.2) is 18.3 Å². The maximum absolute atomic E-state index is 11.4. The Balaban J connectivity index is -0.000000853. The summed E-state index contributed by atoms with van der Waals surface area (Å²) >= 11 is 0. The molecule has 0 unspecified atom stereocenters. The summed E-state index contributed by atoms with van der Waals surface area (Å²) < 4.78 is 5.06. The molecule has 0 aliphatic heterocycles. The van der Waals surface area contributed by atoms with Gasteiger partial charge in [-0.2, -0.15) is 0 Å². The van der Waals surface area contributed by atoms with Crippen molar-refractivity contribution in [3.8, 4) is 0 Å². The summed E-state index contributed by atoms with van der Waals surface area (Å²) in [6.45, 7) is 5.29. The van der Waals surface area contributed by atoms with E-state index in [2.05, 4.69) is 10.3 Å². The second-order valence-electron chi connectivity index (χ2n) is 4.34. The van der Waals surface area contributed by atoms with Crippen molar-refractivity contribution < 1.29 is 34.9 Å². The molecule has 3 radical (unpaired) electrons. The zero-order chi connectivity index (χ0) is 12.2. The Bertz CT molecular complexity index is 371. The molecule has 93 valence electrons. The zero-order valence-corrected chi connectivity index (χ0v) is 12.4. The molecule has 1 aromatic rings. The standard InChI is InChI=1S/C11H16N2O3.Al.Li.H/c1-11(2,3)16-10(15)13-9-5-4-8(7-14)6-12-9;;;/h4-6,14H,7H2,1-3H3,(H,12,13,15);;;/q;;+1;-1. The second-order valence-corrected chi connectivity index (χ2v) is 4.34. The number of anilines is 1. The summed E-state index contributed by atoms with van der Waals surface area (Å²) in [6, 6.07) is 3.29. The monoisotopic (exact) mass is 259 g/mol. The minimum absolute atomic E-state index is 0. The van der Waals surface area contributed by atoms with E-state index >= 15 is 0 Å². The molecule has 0 atom stereocenters. The predicted octanol–water partition coefficient (Wildman–Crippen LogP) is -1.34. The molecule has 0 bridgehead atoms. The number of rotatable bonds is 2. The molecular formula is C11H17AlLiN2O3. The Morgan fingerprint density at radius 3 is 2.50 bits per heavy atom. The van der Waals surface area contributed by atoms with E-state index in [1.165, 1.54) is 6.20 Å². The number of nitrogens with one attached hydrogen (secondary N) is 1. The van der Waals surface area contributed by atoms with Crippen molar-refractivity contribution >= 4 is 29.3 Å². The fourth-order valence-corrected chi connectivity index (χ4v) is 1.00. The molecular weight excluding hydrogens is 242 g/mol. The fraction of sp³-hybridized carbons (Fsp3) is 0.455. The molecule has 1 amide bonds. The molecule has 0 aliphatic carbocycles. The van der Waals surface area contributed by atoms with E-state index < -0.39 is 11.7 Å². The van der Waals surface area contributed by atoms with Crippen molar-refractivity contribution in [3.05, 3.63) is 23.9 Å². The molecule has 1 rings (SSSR count). The van der Waals surface area contributed by atoms with E-state index in [-0.39, 0.29) is 44.3 Å². The van der Waals surface area contributed by atoms with Gasteiger partial charge in [-0.15, -0.1) is 0 Å². The Hall–Kier alpha value is -0.490. The van der Waals surface area contributed by atoms with Crippen LogP contribution in [0, 0.1) is 0 Å². The zero-order valence-electron chi connectivity index (χ0n) is 12.2. The van der Waals surface area contributed by atoms with Gasteiger partial charge in [0.15, 0.2) is 0 Å². The summed E-state index contributed by atoms with van der Waals surface area (Å²) in [5, 5.41) is 11.3. The molecule has 0 fully saturated rings. The van der Waals surface area contributed by atoms with Crippen LogP contribution in [-0.2, 0) is 11.3 Å². The van der Waals surface area contributed by atoms with Gasteiger partial charge in [-0.05, 0) is 32.4 Å². The van der Waals surface area contributed by atoms with Crippen LogP contribution in [0.25, 0.3) is 0 Å². The smallest absolute Gasteiger partial charge is 1.00 e. The SMILES string of the molecule is CC(C)(C)OC(=O)Nc1ccc(CO)cn1.[Al].[H-].[Li+]. The third-order valence-electron chi connectivity index (χ3n) is 1.64. The van der Waals surface area contributed by atoms with Gasteiger partial charge < -0.3 is 11.3 Å². The van der Waals surface area contributed by atoms with Gasteiger partial charge in [0.25, 0.3) is 0 Å². The summed E-state index contributed by atoms with van der Waals surface area (Å²) in [5.41, 5.74) is 0.157. The van der Waals surface area contributed by atoms with Gasteiger partial charge in [0.1, 0.15) is 11.4 Å². The molecule has 0 aromatic carbocycles. The van der Waals surface area contributed by atoms with Crippen molar-refractivity contribution in [2.24, 2.45) is 0 Å². The van der Waals surface area contributed by atoms with Crippen LogP contribution in [0.2, 0.25) is 0 Å². The van der Waals surface area contributed by atoms with E-state index in [1.807, 2.05) is 0 Å². The predicted molar refractivity (Wildman–Crippen MR) is 66.9 cm³/mol. The molecule has 0 aliphatic rings. The van der Waals surface area contributed by atoms with Gasteiger partial charge in [0.2, 0.25) is 0 Å². The number of carbonyl (C=O) groups is 1. The maximum atomic E-state index is 11.4. The maximum Gasteiger partial charge on any atom is 1.00 e. The van der Waals surface area contributed by atoms with Crippen molar-refractivity contribution in [2.75, 3.05) is 5.32 Å². The van der Waals surface area contributed by atoms with Crippen molar-refractivity contribution in [1.82, 2.24) is 4.98 Å². The van der Waals surface area contributed by atoms with E-state index in [0.29, 0.717) is 11.4 Å². The first-order valence-electron chi connectivity index (χ1n) is 4.96. The number of aromatic nitrogens is 1. The minimum Gasteiger partial charge on any atom is -1.00 e. The van der Waals surface area contributed by atoms with Crippen molar-refractivity contribution in [2.45, 2.75) is 33.0 Å². The Labute approximate surface area is 131 Å². The Morgan fingerprint density at radius 2 is 2.11 bits per heavy atom. The number of hydrogen-bond acceptors (Lipinski definition) is 4. The minimum atomic E-state index is -0.545. The van der Waals surface area contributed by atoms with Crippen LogP contribution >= 0.6 is 0 Å². The van der Waals surface area contributed by atoms with Gasteiger partial charge in [0, 0.05) is 23.6 Å². The van der Waals surface area contributed by atoms with Crippen LogP contribution in [0.3, 0.4) is 0 Å². The summed E-state index contributed by atoms with van der Waals surface area (Å²) in [5.74, 6) is 0.395. The molecule has 0 saturated carbocycles. The number of carbonyl (C=O) groups excluding carboxylic acids is 1. The summed E-state index contributed by atoms with van der Waals surface area (Å²) in [6.07, 6.45) is 0.948. The molecule has 2 N–H and O–H groups in total. The van der Waals surface area contributed by atoms with Crippen LogP contribution in [0.4, 0.5) is 10.6 Å². The molecule has 0 saturated heterocycles. The number of pyridine rings is 1. The topological polar surface area (TPSA) is 71.5 Å². The van der Waals surface area contributed by atoms with Gasteiger partial charge >= 0.3 is 25.0 Å². The van der Waals surface area contributed by atoms with Gasteiger partial charge in [-0.25, -0.2) is 9.78 Å². The quantitative estimate of drug-likeness (QED) is 0.645. The van der Waals surface area contributed by atoms with E-state index in [0.717, 1.165) is 0 Å². The van der Waals surface area contributed by atoms with Gasteiger partial charge in [-0.3, -0.25) is 5.32 Å². The van der Waals surface area contributed by atoms with E-state index in [4.69, 9.17) is 9.84 Å². The molecule has 1 aromatic heterocycles. The first-order valence-corrected chi connectivity index (χ1v) is 4.96. The van der Waals surface area contributed by atoms with Crippen LogP contribution in [0.1, 0.15) is 27.8 Å². The van der Waals surface area contributed by atoms with Gasteiger partial charge in [0.05, 0.1) is 6.61 Å². The normalized spacial score (nSPS) is 9.78. The molecule has 18 heavy (non-hydrogen) atoms. The molecule has 0 spiro atoms. The molecule has 1 heterocycles. The Kier molecular flexibility index (Phi) is 9.46. The second kappa shape index (κ2) is 8.58. The van der Waals surface area contributed by atoms with Gasteiger partial charge in [-0.1, -0.05) is 6.07 Å².